The van der Waals surface area contributed by atoms with E-state index in [2.05, 4.69) is 15.6 Å². The Balaban J connectivity index is 1.55. The molecule has 0 radical (unpaired) electrons. The fraction of sp³-hybridized carbons (Fsp3) is 0.458. The summed E-state index contributed by atoms with van der Waals surface area (Å²) in [6.07, 6.45) is 1.98. The lowest BCUT2D eigenvalue weighted by atomic mass is 10.0. The van der Waals surface area contributed by atoms with Crippen molar-refractivity contribution in [2.45, 2.75) is 63.6 Å². The first-order chi connectivity index (χ1) is 16.3. The number of amides is 1. The maximum Gasteiger partial charge on any atom is 0.243 e. The van der Waals surface area contributed by atoms with Crippen molar-refractivity contribution in [1.82, 2.24) is 24.6 Å². The molecule has 10 heteroatoms. The SMILES string of the molecule is CCOc1ccccc1CNC(=O)[C@H]1CCCCN1S(=O)(=O)c1ccc2c(c1)nnn2C(C)C. The molecule has 182 valence electrons. The Morgan fingerprint density at radius 3 is 2.76 bits per heavy atom. The molecule has 1 atom stereocenters. The lowest BCUT2D eigenvalue weighted by Crippen LogP contribution is -2.51. The van der Waals surface area contributed by atoms with E-state index in [1.807, 2.05) is 45.0 Å². The molecule has 1 aliphatic heterocycles. The number of carbonyl (C=O) groups is 1. The van der Waals surface area contributed by atoms with Crippen molar-refractivity contribution in [1.29, 1.82) is 0 Å². The van der Waals surface area contributed by atoms with E-state index < -0.39 is 16.1 Å². The van der Waals surface area contributed by atoms with Crippen molar-refractivity contribution in [3.63, 3.8) is 0 Å². The Hall–Kier alpha value is -2.98. The number of sulfonamides is 1. The summed E-state index contributed by atoms with van der Waals surface area (Å²) in [5.41, 5.74) is 2.14. The number of rotatable bonds is 8. The molecule has 1 N–H and O–H groups in total. The molecule has 9 nitrogen and oxygen atoms in total. The number of aromatic nitrogens is 3. The molecule has 1 fully saturated rings. The second-order valence-electron chi connectivity index (χ2n) is 8.66. The zero-order valence-electron chi connectivity index (χ0n) is 19.8. The Morgan fingerprint density at radius 1 is 1.21 bits per heavy atom. The van der Waals surface area contributed by atoms with Crippen LogP contribution in [0.5, 0.6) is 5.75 Å². The summed E-state index contributed by atoms with van der Waals surface area (Å²) in [5.74, 6) is 0.405. The molecule has 0 unspecified atom stereocenters. The predicted molar refractivity (Wildman–Crippen MR) is 129 cm³/mol. The first kappa shape index (κ1) is 24.2. The number of ether oxygens (including phenoxy) is 1. The van der Waals surface area contributed by atoms with E-state index in [9.17, 15) is 13.2 Å². The Bertz CT molecular complexity index is 1270. The summed E-state index contributed by atoms with van der Waals surface area (Å²) in [7, 11) is -3.89. The Morgan fingerprint density at radius 2 is 2.00 bits per heavy atom. The van der Waals surface area contributed by atoms with Crippen molar-refractivity contribution >= 4 is 27.0 Å². The minimum Gasteiger partial charge on any atom is -0.494 e. The smallest absolute Gasteiger partial charge is 0.243 e. The van der Waals surface area contributed by atoms with Gasteiger partial charge >= 0.3 is 0 Å². The third kappa shape index (κ3) is 4.78. The summed E-state index contributed by atoms with van der Waals surface area (Å²) in [6.45, 7) is 6.97. The van der Waals surface area contributed by atoms with E-state index in [0.717, 1.165) is 17.5 Å². The summed E-state index contributed by atoms with van der Waals surface area (Å²) >= 11 is 0. The molecule has 1 aliphatic rings. The van der Waals surface area contributed by atoms with E-state index in [1.165, 1.54) is 4.31 Å². The van der Waals surface area contributed by atoms with Crippen molar-refractivity contribution < 1.29 is 17.9 Å². The number of fused-ring (bicyclic) bond motifs is 1. The summed E-state index contributed by atoms with van der Waals surface area (Å²) < 4.78 is 35.9. The van der Waals surface area contributed by atoms with Crippen LogP contribution in [-0.2, 0) is 21.4 Å². The van der Waals surface area contributed by atoms with Crippen molar-refractivity contribution in [3.8, 4) is 5.75 Å². The molecule has 3 aromatic rings. The molecule has 34 heavy (non-hydrogen) atoms. The minimum atomic E-state index is -3.89. The van der Waals surface area contributed by atoms with Crippen LogP contribution >= 0.6 is 0 Å². The van der Waals surface area contributed by atoms with Gasteiger partial charge in [-0.15, -0.1) is 5.10 Å². The van der Waals surface area contributed by atoms with Gasteiger partial charge in [0, 0.05) is 24.7 Å². The number of nitrogens with zero attached hydrogens (tertiary/aromatic N) is 4. The summed E-state index contributed by atoms with van der Waals surface area (Å²) in [5, 5.41) is 11.2. The average Bonchev–Trinajstić information content (AvgIpc) is 3.27. The third-order valence-corrected chi connectivity index (χ3v) is 7.92. The van der Waals surface area contributed by atoms with Gasteiger partial charge in [0.2, 0.25) is 15.9 Å². The minimum absolute atomic E-state index is 0.107. The molecule has 1 amide bonds. The van der Waals surface area contributed by atoms with Crippen LogP contribution in [0, 0.1) is 0 Å². The normalized spacial score (nSPS) is 17.2. The molecule has 0 aliphatic carbocycles. The second-order valence-corrected chi connectivity index (χ2v) is 10.6. The highest BCUT2D eigenvalue weighted by Crippen LogP contribution is 2.28. The van der Waals surface area contributed by atoms with E-state index in [-0.39, 0.29) is 23.4 Å². The van der Waals surface area contributed by atoms with E-state index in [4.69, 9.17) is 4.74 Å². The van der Waals surface area contributed by atoms with Gasteiger partial charge in [0.15, 0.2) is 0 Å². The topological polar surface area (TPSA) is 106 Å². The number of hydrogen-bond donors (Lipinski definition) is 1. The fourth-order valence-corrected chi connectivity index (χ4v) is 5.98. The Kier molecular flexibility index (Phi) is 7.18. The van der Waals surface area contributed by atoms with Gasteiger partial charge in [-0.05, 0) is 57.9 Å². The quantitative estimate of drug-likeness (QED) is 0.525. The highest BCUT2D eigenvalue weighted by Gasteiger charge is 2.37. The molecule has 4 rings (SSSR count). The van der Waals surface area contributed by atoms with Gasteiger partial charge in [-0.1, -0.05) is 29.8 Å². The Labute approximate surface area is 200 Å². The van der Waals surface area contributed by atoms with E-state index in [0.29, 0.717) is 37.3 Å². The van der Waals surface area contributed by atoms with Crippen LogP contribution in [0.15, 0.2) is 47.4 Å². The molecule has 2 aromatic carbocycles. The molecule has 1 saturated heterocycles. The molecule has 0 saturated carbocycles. The molecule has 0 spiro atoms. The van der Waals surface area contributed by atoms with Crippen molar-refractivity contribution in [2.24, 2.45) is 0 Å². The molecule has 0 bridgehead atoms. The zero-order chi connectivity index (χ0) is 24.3. The first-order valence-corrected chi connectivity index (χ1v) is 13.1. The predicted octanol–water partition coefficient (Wildman–Crippen LogP) is 3.27. The van der Waals surface area contributed by atoms with Gasteiger partial charge in [-0.25, -0.2) is 13.1 Å². The van der Waals surface area contributed by atoms with Crippen LogP contribution in [0.1, 0.15) is 51.6 Å². The zero-order valence-corrected chi connectivity index (χ0v) is 20.6. The first-order valence-electron chi connectivity index (χ1n) is 11.7. The third-order valence-electron chi connectivity index (χ3n) is 6.02. The number of benzene rings is 2. The number of para-hydroxylation sites is 1. The van der Waals surface area contributed by atoms with Crippen molar-refractivity contribution in [3.05, 3.63) is 48.0 Å². The lowest BCUT2D eigenvalue weighted by molar-refractivity contribution is -0.125. The van der Waals surface area contributed by atoms with Crippen LogP contribution in [-0.4, -0.2) is 52.8 Å². The van der Waals surface area contributed by atoms with Gasteiger partial charge in [0.25, 0.3) is 0 Å². The van der Waals surface area contributed by atoms with Crippen LogP contribution in [0.2, 0.25) is 0 Å². The maximum atomic E-state index is 13.6. The van der Waals surface area contributed by atoms with E-state index in [1.54, 1.807) is 22.9 Å². The van der Waals surface area contributed by atoms with Gasteiger partial charge in [-0.3, -0.25) is 4.79 Å². The van der Waals surface area contributed by atoms with Crippen LogP contribution in [0.25, 0.3) is 11.0 Å². The second kappa shape index (κ2) is 10.1. The van der Waals surface area contributed by atoms with Gasteiger partial charge in [0.1, 0.15) is 17.3 Å². The summed E-state index contributed by atoms with van der Waals surface area (Å²) in [4.78, 5) is 13.3. The highest BCUT2D eigenvalue weighted by molar-refractivity contribution is 7.89. The van der Waals surface area contributed by atoms with Crippen LogP contribution in [0.4, 0.5) is 0 Å². The summed E-state index contributed by atoms with van der Waals surface area (Å²) in [6, 6.07) is 11.7. The largest absolute Gasteiger partial charge is 0.494 e. The molecule has 1 aromatic heterocycles. The van der Waals surface area contributed by atoms with Gasteiger partial charge in [-0.2, -0.15) is 4.31 Å². The van der Waals surface area contributed by atoms with Crippen LogP contribution < -0.4 is 10.1 Å². The number of piperidine rings is 1. The van der Waals surface area contributed by atoms with Gasteiger partial charge in [0.05, 0.1) is 17.0 Å². The molecular weight excluding hydrogens is 454 g/mol. The lowest BCUT2D eigenvalue weighted by Gasteiger charge is -2.33. The molecule has 2 heterocycles. The highest BCUT2D eigenvalue weighted by atomic mass is 32.2. The van der Waals surface area contributed by atoms with Crippen molar-refractivity contribution in [2.75, 3.05) is 13.2 Å². The number of nitrogens with one attached hydrogen (secondary N) is 1. The monoisotopic (exact) mass is 485 g/mol. The van der Waals surface area contributed by atoms with Gasteiger partial charge < -0.3 is 10.1 Å². The van der Waals surface area contributed by atoms with E-state index >= 15 is 0 Å². The number of hydrogen-bond acceptors (Lipinski definition) is 6. The standard InChI is InChI=1S/C24H31N5O4S/c1-4-33-23-11-6-5-9-18(23)16-25-24(30)22-10-7-8-14-28(22)34(31,32)19-12-13-21-20(15-19)26-27-29(21)17(2)3/h5-6,9,11-13,15,17,22H,4,7-8,10,14,16H2,1-3H3,(H,25,30)/t22-/m1/s1. The molecular formula is C24H31N5O4S. The average molecular weight is 486 g/mol. The number of carbonyl (C=O) groups excluding carboxylic acids is 1. The fourth-order valence-electron chi connectivity index (χ4n) is 4.30. The maximum absolute atomic E-state index is 13.6. The van der Waals surface area contributed by atoms with Crippen LogP contribution in [0.3, 0.4) is 0 Å².